The molecule has 0 saturated heterocycles. The van der Waals surface area contributed by atoms with Crippen molar-refractivity contribution >= 4 is 34.7 Å². The Balaban J connectivity index is 1.18. The fourth-order valence-corrected chi connectivity index (χ4v) is 8.68. The van der Waals surface area contributed by atoms with Crippen molar-refractivity contribution in [1.82, 2.24) is 15.0 Å². The summed E-state index contributed by atoms with van der Waals surface area (Å²) in [5.41, 5.74) is 14.1. The lowest BCUT2D eigenvalue weighted by Gasteiger charge is -2.18. The summed E-state index contributed by atoms with van der Waals surface area (Å²) in [5, 5.41) is 2.45. The number of fused-ring (bicyclic) bond motifs is 8. The zero-order chi connectivity index (χ0) is 36.6. The van der Waals surface area contributed by atoms with Gasteiger partial charge in [0, 0.05) is 38.9 Å². The largest absolute Gasteiger partial charge is 0.264 e. The Hall–Kier alpha value is -6.88. The molecule has 9 aromatic rings. The maximum absolute atomic E-state index is 5.26. The summed E-state index contributed by atoms with van der Waals surface area (Å²) in [6.07, 6.45) is 8.20. The third-order valence-electron chi connectivity index (χ3n) is 10.2. The first-order chi connectivity index (χ1) is 27.2. The minimum atomic E-state index is 0.681. The number of aromatic nitrogens is 3. The van der Waals surface area contributed by atoms with Crippen LogP contribution in [0, 0.1) is 0 Å². The molecule has 3 heterocycles. The second-order valence-electron chi connectivity index (χ2n) is 13.6. The molecule has 258 valence electrons. The average molecular weight is 720 g/mol. The highest BCUT2D eigenvalue weighted by atomic mass is 32.2. The van der Waals surface area contributed by atoms with Gasteiger partial charge in [-0.15, -0.1) is 0 Å². The van der Waals surface area contributed by atoms with Gasteiger partial charge in [-0.25, -0.2) is 9.97 Å². The van der Waals surface area contributed by atoms with E-state index in [0.29, 0.717) is 5.82 Å². The summed E-state index contributed by atoms with van der Waals surface area (Å²) in [4.78, 5) is 17.2. The van der Waals surface area contributed by atoms with Crippen LogP contribution in [0.2, 0.25) is 0 Å². The molecule has 4 heteroatoms. The fourth-order valence-electron chi connectivity index (χ4n) is 7.44. The van der Waals surface area contributed by atoms with Crippen LogP contribution in [0.3, 0.4) is 0 Å². The van der Waals surface area contributed by atoms with Crippen LogP contribution < -0.4 is 0 Å². The van der Waals surface area contributed by atoms with E-state index in [-0.39, 0.29) is 0 Å². The molecule has 0 bridgehead atoms. The van der Waals surface area contributed by atoms with Crippen molar-refractivity contribution in [3.63, 3.8) is 0 Å². The van der Waals surface area contributed by atoms with E-state index in [1.54, 1.807) is 6.20 Å². The number of rotatable bonds is 4. The number of hydrogen-bond acceptors (Lipinski definition) is 4. The van der Waals surface area contributed by atoms with Gasteiger partial charge in [0.25, 0.3) is 0 Å². The molecule has 1 aliphatic heterocycles. The normalized spacial score (nSPS) is 11.9. The zero-order valence-corrected chi connectivity index (χ0v) is 30.6. The van der Waals surface area contributed by atoms with Gasteiger partial charge >= 0.3 is 0 Å². The predicted molar refractivity (Wildman–Crippen MR) is 229 cm³/mol. The lowest BCUT2D eigenvalue weighted by atomic mass is 9.93. The van der Waals surface area contributed by atoms with Crippen molar-refractivity contribution in [2.45, 2.75) is 9.79 Å². The zero-order valence-electron chi connectivity index (χ0n) is 29.8. The standard InChI is InChI=1S/C51H33N3S/c1-2-13-38(14-3-1)47-32-48(54-51(53-47)39-25-20-34(21-26-39)41-15-10-30-52-33-41)40-27-24-37-23-22-35-11-4-6-16-42(35)44-18-8-9-19-49(44)55-50-43-17-7-5-12-36(43)28-29-45(50)46(37)31-40/h1-33H. The monoisotopic (exact) mass is 719 g/mol. The molecule has 0 unspecified atom stereocenters. The quantitative estimate of drug-likeness (QED) is 0.182. The Kier molecular flexibility index (Phi) is 8.43. The Bertz CT molecular complexity index is 2880. The average Bonchev–Trinajstić information content (AvgIpc) is 3.28. The van der Waals surface area contributed by atoms with Crippen molar-refractivity contribution in [3.05, 3.63) is 199 Å². The van der Waals surface area contributed by atoms with Gasteiger partial charge in [-0.2, -0.15) is 0 Å². The van der Waals surface area contributed by atoms with Gasteiger partial charge < -0.3 is 0 Å². The van der Waals surface area contributed by atoms with Crippen molar-refractivity contribution in [2.24, 2.45) is 0 Å². The summed E-state index contributed by atoms with van der Waals surface area (Å²) >= 11 is 1.85. The van der Waals surface area contributed by atoms with Crippen LogP contribution in [-0.2, 0) is 0 Å². The van der Waals surface area contributed by atoms with Crippen molar-refractivity contribution in [1.29, 1.82) is 0 Å². The van der Waals surface area contributed by atoms with E-state index in [9.17, 15) is 0 Å². The minimum Gasteiger partial charge on any atom is -0.264 e. The summed E-state index contributed by atoms with van der Waals surface area (Å²) in [6.45, 7) is 0. The highest BCUT2D eigenvalue weighted by Crippen LogP contribution is 2.47. The lowest BCUT2D eigenvalue weighted by Crippen LogP contribution is -1.97. The maximum Gasteiger partial charge on any atom is 0.160 e. The fraction of sp³-hybridized carbons (Fsp3) is 0. The predicted octanol–water partition coefficient (Wildman–Crippen LogP) is 13.7. The molecule has 3 nitrogen and oxygen atoms in total. The van der Waals surface area contributed by atoms with Gasteiger partial charge in [-0.3, -0.25) is 4.98 Å². The van der Waals surface area contributed by atoms with E-state index >= 15 is 0 Å². The Labute approximate surface area is 324 Å². The molecule has 0 saturated carbocycles. The van der Waals surface area contributed by atoms with Crippen LogP contribution in [0.4, 0.5) is 0 Å². The van der Waals surface area contributed by atoms with Crippen molar-refractivity contribution in [3.8, 4) is 67.3 Å². The molecule has 0 aliphatic carbocycles. The van der Waals surface area contributed by atoms with Crippen LogP contribution in [-0.4, -0.2) is 15.0 Å². The first-order valence-corrected chi connectivity index (χ1v) is 19.2. The Morgan fingerprint density at radius 3 is 1.91 bits per heavy atom. The van der Waals surface area contributed by atoms with E-state index in [0.717, 1.165) is 50.3 Å². The molecule has 7 aromatic carbocycles. The van der Waals surface area contributed by atoms with Crippen LogP contribution in [0.15, 0.2) is 198 Å². The molecular formula is C51H33N3S. The molecule has 0 amide bonds. The van der Waals surface area contributed by atoms with Gasteiger partial charge in [0.05, 0.1) is 11.4 Å². The van der Waals surface area contributed by atoms with Crippen LogP contribution >= 0.6 is 11.8 Å². The Morgan fingerprint density at radius 1 is 0.400 bits per heavy atom. The molecule has 2 aromatic heterocycles. The molecule has 0 N–H and O–H groups in total. The van der Waals surface area contributed by atoms with E-state index in [1.165, 1.54) is 42.8 Å². The SMILES string of the molecule is C1=Cc2ccc(-c3cc(-c4ccccc4)nc(-c4ccc(-c5cccnc5)cc4)n3)cc2-c2ccc3ccccc3c2Sc2ccccc2-c2ccccc21. The first kappa shape index (κ1) is 32.7. The number of nitrogens with zero attached hydrogens (tertiary/aromatic N) is 3. The molecular weight excluding hydrogens is 687 g/mol. The highest BCUT2D eigenvalue weighted by molar-refractivity contribution is 7.99. The number of pyridine rings is 1. The van der Waals surface area contributed by atoms with Crippen LogP contribution in [0.1, 0.15) is 11.1 Å². The van der Waals surface area contributed by atoms with E-state index in [1.807, 2.05) is 30.1 Å². The van der Waals surface area contributed by atoms with Crippen molar-refractivity contribution in [2.75, 3.05) is 0 Å². The molecule has 0 atom stereocenters. The number of hydrogen-bond donors (Lipinski definition) is 0. The molecule has 55 heavy (non-hydrogen) atoms. The van der Waals surface area contributed by atoms with Gasteiger partial charge in [0.15, 0.2) is 5.82 Å². The second-order valence-corrected chi connectivity index (χ2v) is 14.7. The number of benzene rings is 7. The first-order valence-electron chi connectivity index (χ1n) is 18.4. The Morgan fingerprint density at radius 2 is 1.07 bits per heavy atom. The maximum atomic E-state index is 5.26. The molecule has 1 aliphatic rings. The van der Waals surface area contributed by atoms with Gasteiger partial charge in [-0.05, 0) is 79.5 Å². The van der Waals surface area contributed by atoms with Gasteiger partial charge in [-0.1, -0.05) is 176 Å². The van der Waals surface area contributed by atoms with Crippen molar-refractivity contribution < 1.29 is 0 Å². The highest BCUT2D eigenvalue weighted by Gasteiger charge is 2.19. The third kappa shape index (κ3) is 6.33. The third-order valence-corrected chi connectivity index (χ3v) is 11.5. The minimum absolute atomic E-state index is 0.681. The summed E-state index contributed by atoms with van der Waals surface area (Å²) < 4.78 is 0. The van der Waals surface area contributed by atoms with Crippen LogP contribution in [0.5, 0.6) is 0 Å². The summed E-state index contributed by atoms with van der Waals surface area (Å²) in [6, 6.07) is 62.4. The molecule has 10 rings (SSSR count). The van der Waals surface area contributed by atoms with Gasteiger partial charge in [0.2, 0.25) is 0 Å². The molecule has 0 radical (unpaired) electrons. The smallest absolute Gasteiger partial charge is 0.160 e. The molecule has 0 fully saturated rings. The lowest BCUT2D eigenvalue weighted by molar-refractivity contribution is 1.18. The van der Waals surface area contributed by atoms with E-state index in [4.69, 9.17) is 9.97 Å². The second kappa shape index (κ2) is 14.2. The topological polar surface area (TPSA) is 38.7 Å². The summed E-state index contributed by atoms with van der Waals surface area (Å²) in [7, 11) is 0. The van der Waals surface area contributed by atoms with E-state index in [2.05, 4.69) is 181 Å². The van der Waals surface area contributed by atoms with Gasteiger partial charge in [0.1, 0.15) is 0 Å². The van der Waals surface area contributed by atoms with E-state index < -0.39 is 0 Å². The summed E-state index contributed by atoms with van der Waals surface area (Å²) in [5.74, 6) is 0.681. The molecule has 0 spiro atoms. The van der Waals surface area contributed by atoms with Crippen LogP contribution in [0.25, 0.3) is 90.2 Å².